The van der Waals surface area contributed by atoms with Crippen molar-refractivity contribution in [3.05, 3.63) is 43.0 Å². The van der Waals surface area contributed by atoms with Gasteiger partial charge in [0.15, 0.2) is 12.3 Å². The molecule has 0 radical (unpaired) electrons. The average molecular weight is 496 g/mol. The molecule has 30 heavy (non-hydrogen) atoms. The molecule has 2 aromatic rings. The summed E-state index contributed by atoms with van der Waals surface area (Å²) in [4.78, 5) is 52.1. The van der Waals surface area contributed by atoms with Crippen LogP contribution in [-0.4, -0.2) is 49.6 Å². The van der Waals surface area contributed by atoms with Crippen molar-refractivity contribution in [2.45, 2.75) is 6.92 Å². The maximum absolute atomic E-state index is 12.2. The molecular weight excluding hydrogens is 483 g/mol. The zero-order valence-electron chi connectivity index (χ0n) is 15.6. The van der Waals surface area contributed by atoms with Crippen LogP contribution in [0.15, 0.2) is 6.20 Å². The fourth-order valence-corrected chi connectivity index (χ4v) is 3.87. The number of ether oxygens (including phenoxy) is 3. The van der Waals surface area contributed by atoms with Gasteiger partial charge in [-0.05, 0) is 12.5 Å². The molecule has 2 aromatic heterocycles. The van der Waals surface area contributed by atoms with Crippen LogP contribution < -0.4 is 5.32 Å². The summed E-state index contributed by atoms with van der Waals surface area (Å²) in [5, 5.41) is 2.17. The molecule has 13 heteroatoms. The lowest BCUT2D eigenvalue weighted by atomic mass is 10.1. The summed E-state index contributed by atoms with van der Waals surface area (Å²) in [5.41, 5.74) is -0.0661. The van der Waals surface area contributed by atoms with Crippen molar-refractivity contribution < 1.29 is 33.4 Å². The van der Waals surface area contributed by atoms with Crippen LogP contribution in [0, 0.1) is 6.92 Å². The van der Waals surface area contributed by atoms with Crippen molar-refractivity contribution in [2.75, 3.05) is 26.1 Å². The van der Waals surface area contributed by atoms with Crippen LogP contribution in [-0.2, 0) is 19.0 Å². The van der Waals surface area contributed by atoms with Gasteiger partial charge in [-0.25, -0.2) is 19.4 Å². The number of halogens is 3. The van der Waals surface area contributed by atoms with Crippen LogP contribution in [0.2, 0.25) is 15.1 Å². The molecule has 0 bridgehead atoms. The number of aromatic nitrogens is 1. The van der Waals surface area contributed by atoms with E-state index in [1.807, 2.05) is 0 Å². The van der Waals surface area contributed by atoms with E-state index in [4.69, 9.17) is 39.5 Å². The van der Waals surface area contributed by atoms with E-state index in [0.29, 0.717) is 0 Å². The van der Waals surface area contributed by atoms with E-state index >= 15 is 0 Å². The number of carbonyl (C=O) groups excluding carboxylic acids is 4. The Morgan fingerprint density at radius 2 is 1.67 bits per heavy atom. The topological polar surface area (TPSA) is 121 Å². The zero-order valence-corrected chi connectivity index (χ0v) is 18.7. The number of anilines is 1. The first-order valence-electron chi connectivity index (χ1n) is 7.88. The highest BCUT2D eigenvalue weighted by Crippen LogP contribution is 2.34. The minimum absolute atomic E-state index is 0.0169. The normalized spacial score (nSPS) is 10.3. The highest BCUT2D eigenvalue weighted by Gasteiger charge is 2.27. The number of pyridine rings is 1. The van der Waals surface area contributed by atoms with E-state index in [1.54, 1.807) is 0 Å². The lowest BCUT2D eigenvalue weighted by molar-refractivity contribution is -0.119. The fraction of sp³-hybridized carbons (Fsp3) is 0.235. The van der Waals surface area contributed by atoms with E-state index in [2.05, 4.69) is 19.8 Å². The first-order chi connectivity index (χ1) is 14.1. The quantitative estimate of drug-likeness (QED) is 0.475. The van der Waals surface area contributed by atoms with Gasteiger partial charge >= 0.3 is 17.9 Å². The van der Waals surface area contributed by atoms with Crippen LogP contribution >= 0.6 is 46.1 Å². The van der Waals surface area contributed by atoms with Crippen LogP contribution in [0.25, 0.3) is 0 Å². The summed E-state index contributed by atoms with van der Waals surface area (Å²) >= 11 is 18.3. The van der Waals surface area contributed by atoms with E-state index in [-0.39, 0.29) is 41.8 Å². The number of hydrogen-bond acceptors (Lipinski definition) is 9. The molecule has 0 aliphatic heterocycles. The Kier molecular flexibility index (Phi) is 8.02. The minimum Gasteiger partial charge on any atom is -0.465 e. The number of nitrogens with zero attached hydrogens (tertiary/aromatic N) is 1. The van der Waals surface area contributed by atoms with Gasteiger partial charge in [-0.1, -0.05) is 34.8 Å². The third kappa shape index (κ3) is 5.01. The number of nitrogens with one attached hydrogen (secondary N) is 1. The first-order valence-corrected chi connectivity index (χ1v) is 9.83. The van der Waals surface area contributed by atoms with Crippen molar-refractivity contribution in [2.24, 2.45) is 0 Å². The van der Waals surface area contributed by atoms with Crippen LogP contribution in [0.1, 0.15) is 36.1 Å². The molecule has 1 N–H and O–H groups in total. The second kappa shape index (κ2) is 10.1. The van der Waals surface area contributed by atoms with E-state index in [9.17, 15) is 19.2 Å². The van der Waals surface area contributed by atoms with Crippen LogP contribution in [0.3, 0.4) is 0 Å². The highest BCUT2D eigenvalue weighted by atomic mass is 35.5. The number of thiophene rings is 1. The lowest BCUT2D eigenvalue weighted by Gasteiger charge is -2.08. The summed E-state index contributed by atoms with van der Waals surface area (Å²) in [6.45, 7) is 0.769. The van der Waals surface area contributed by atoms with Gasteiger partial charge in [0.05, 0.1) is 34.9 Å². The zero-order chi connectivity index (χ0) is 22.6. The summed E-state index contributed by atoms with van der Waals surface area (Å²) < 4.78 is 14.2. The molecule has 1 amide bonds. The average Bonchev–Trinajstić information content (AvgIpc) is 3.04. The molecule has 0 unspecified atom stereocenters. The van der Waals surface area contributed by atoms with Gasteiger partial charge in [0.2, 0.25) is 0 Å². The predicted octanol–water partition coefficient (Wildman–Crippen LogP) is 3.78. The molecule has 0 spiro atoms. The van der Waals surface area contributed by atoms with Crippen LogP contribution in [0.4, 0.5) is 5.00 Å². The molecule has 0 aliphatic carbocycles. The monoisotopic (exact) mass is 494 g/mol. The summed E-state index contributed by atoms with van der Waals surface area (Å²) in [6.07, 6.45) is 1.11. The van der Waals surface area contributed by atoms with Crippen molar-refractivity contribution in [1.82, 2.24) is 4.98 Å². The van der Waals surface area contributed by atoms with Gasteiger partial charge in [0.25, 0.3) is 5.91 Å². The number of methoxy groups -OCH3 is 2. The van der Waals surface area contributed by atoms with Gasteiger partial charge in [0, 0.05) is 6.20 Å². The van der Waals surface area contributed by atoms with Gasteiger partial charge < -0.3 is 19.5 Å². The molecule has 2 heterocycles. The summed E-state index contributed by atoms with van der Waals surface area (Å²) in [7, 11) is 2.33. The van der Waals surface area contributed by atoms with Gasteiger partial charge in [-0.2, -0.15) is 0 Å². The van der Waals surface area contributed by atoms with E-state index in [0.717, 1.165) is 24.6 Å². The molecule has 0 atom stereocenters. The van der Waals surface area contributed by atoms with Gasteiger partial charge in [-0.3, -0.25) is 4.79 Å². The molecule has 0 aromatic carbocycles. The Balaban J connectivity index is 2.16. The number of rotatable bonds is 6. The predicted molar refractivity (Wildman–Crippen MR) is 110 cm³/mol. The maximum Gasteiger partial charge on any atom is 0.359 e. The summed E-state index contributed by atoms with van der Waals surface area (Å²) in [5.74, 6) is -3.25. The number of hydrogen-bond donors (Lipinski definition) is 1. The SMILES string of the molecule is COC(=O)c1sc(NC(=O)COC(=O)c2ncc(Cl)c(Cl)c2Cl)c(C(=O)OC)c1C. The maximum atomic E-state index is 12.2. The van der Waals surface area contributed by atoms with E-state index in [1.165, 1.54) is 14.0 Å². The molecular formula is C17H13Cl3N2O7S. The highest BCUT2D eigenvalue weighted by molar-refractivity contribution is 7.18. The van der Waals surface area contributed by atoms with E-state index < -0.39 is 30.4 Å². The third-order valence-electron chi connectivity index (χ3n) is 3.61. The molecule has 0 fully saturated rings. The van der Waals surface area contributed by atoms with Gasteiger partial charge in [-0.15, -0.1) is 11.3 Å². The minimum atomic E-state index is -1.01. The number of esters is 3. The molecule has 0 aliphatic rings. The number of carbonyl (C=O) groups is 4. The Hall–Kier alpha value is -2.40. The van der Waals surface area contributed by atoms with Gasteiger partial charge in [0.1, 0.15) is 9.88 Å². The number of amides is 1. The second-order valence-electron chi connectivity index (χ2n) is 5.45. The molecule has 2 rings (SSSR count). The third-order valence-corrected chi connectivity index (χ3v) is 6.03. The van der Waals surface area contributed by atoms with Crippen LogP contribution in [0.5, 0.6) is 0 Å². The Bertz CT molecular complexity index is 1040. The smallest absolute Gasteiger partial charge is 0.359 e. The Morgan fingerprint density at radius 3 is 2.27 bits per heavy atom. The van der Waals surface area contributed by atoms with Crippen molar-refractivity contribution in [3.63, 3.8) is 0 Å². The molecule has 0 saturated heterocycles. The Labute approximate surface area is 189 Å². The summed E-state index contributed by atoms with van der Waals surface area (Å²) in [6, 6.07) is 0. The Morgan fingerprint density at radius 1 is 1.03 bits per heavy atom. The lowest BCUT2D eigenvalue weighted by Crippen LogP contribution is -2.22. The standard InChI is InChI=1S/C17H13Cl3N2O7S/c1-6-9(15(24)27-2)14(30-13(6)17(26)28-3)22-8(23)5-29-16(25)12-11(20)10(19)7(18)4-21-12/h4H,5H2,1-3H3,(H,22,23). The van der Waals surface area contributed by atoms with Crippen molar-refractivity contribution in [1.29, 1.82) is 0 Å². The first kappa shape index (κ1) is 23.9. The fourth-order valence-electron chi connectivity index (χ4n) is 2.18. The van der Waals surface area contributed by atoms with Crippen molar-refractivity contribution >= 4 is 75.0 Å². The molecule has 0 saturated carbocycles. The second-order valence-corrected chi connectivity index (χ2v) is 7.63. The molecule has 160 valence electrons. The largest absolute Gasteiger partial charge is 0.465 e. The van der Waals surface area contributed by atoms with Crippen molar-refractivity contribution in [3.8, 4) is 0 Å². The molecule has 9 nitrogen and oxygen atoms in total.